The molecule has 0 aromatic heterocycles. The highest BCUT2D eigenvalue weighted by molar-refractivity contribution is 6.30. The molecular formula is C30H24ClNO3. The molecule has 1 aliphatic carbocycles. The number of amides is 1. The molecule has 5 heteroatoms. The van der Waals surface area contributed by atoms with E-state index in [1.54, 1.807) is 0 Å². The lowest BCUT2D eigenvalue weighted by molar-refractivity contribution is -0.147. The average Bonchev–Trinajstić information content (AvgIpc) is 3.24. The number of benzene rings is 4. The van der Waals surface area contributed by atoms with E-state index in [9.17, 15) is 14.7 Å². The third-order valence-electron chi connectivity index (χ3n) is 6.58. The van der Waals surface area contributed by atoms with E-state index in [2.05, 4.69) is 5.32 Å². The molecule has 0 saturated carbocycles. The summed E-state index contributed by atoms with van der Waals surface area (Å²) in [5, 5.41) is 13.6. The number of halogens is 1. The van der Waals surface area contributed by atoms with Gasteiger partial charge in [-0.2, -0.15) is 0 Å². The number of hydrogen-bond acceptors (Lipinski definition) is 2. The Morgan fingerprint density at radius 3 is 2.00 bits per heavy atom. The molecular weight excluding hydrogens is 458 g/mol. The van der Waals surface area contributed by atoms with Crippen molar-refractivity contribution < 1.29 is 14.7 Å². The highest BCUT2D eigenvalue weighted by Gasteiger charge is 2.45. The first kappa shape index (κ1) is 22.9. The van der Waals surface area contributed by atoms with Crippen LogP contribution in [0.5, 0.6) is 0 Å². The second kappa shape index (κ2) is 9.40. The average molecular weight is 482 g/mol. The topological polar surface area (TPSA) is 66.4 Å². The van der Waals surface area contributed by atoms with Crippen molar-refractivity contribution in [2.75, 3.05) is 0 Å². The zero-order valence-corrected chi connectivity index (χ0v) is 19.8. The lowest BCUT2D eigenvalue weighted by Gasteiger charge is -2.25. The number of carbonyl (C=O) groups excluding carboxylic acids is 1. The number of aliphatic carboxylic acids is 1. The molecule has 1 amide bonds. The smallest absolute Gasteiger partial charge is 0.330 e. The summed E-state index contributed by atoms with van der Waals surface area (Å²) in [5.41, 5.74) is 5.55. The maximum atomic E-state index is 12.9. The molecule has 4 aromatic carbocycles. The monoisotopic (exact) mass is 481 g/mol. The molecule has 0 bridgehead atoms. The van der Waals surface area contributed by atoms with Crippen molar-refractivity contribution in [1.82, 2.24) is 5.32 Å². The Morgan fingerprint density at radius 1 is 0.743 bits per heavy atom. The summed E-state index contributed by atoms with van der Waals surface area (Å²) in [7, 11) is 0. The van der Waals surface area contributed by atoms with Gasteiger partial charge in [0.15, 0.2) is 0 Å². The summed E-state index contributed by atoms with van der Waals surface area (Å²) in [6, 6.07) is 31.3. The lowest BCUT2D eigenvalue weighted by atomic mass is 9.95. The van der Waals surface area contributed by atoms with Gasteiger partial charge in [0.2, 0.25) is 5.91 Å². The summed E-state index contributed by atoms with van der Waals surface area (Å²) in [6.07, 6.45) is 0.630. The fraction of sp³-hybridized carbons (Fsp3) is 0.133. The van der Waals surface area contributed by atoms with Crippen molar-refractivity contribution in [2.24, 2.45) is 0 Å². The van der Waals surface area contributed by atoms with Crippen LogP contribution < -0.4 is 5.32 Å². The molecule has 4 aromatic rings. The van der Waals surface area contributed by atoms with E-state index in [-0.39, 0.29) is 25.2 Å². The fourth-order valence-electron chi connectivity index (χ4n) is 4.73. The highest BCUT2D eigenvalue weighted by Crippen LogP contribution is 2.34. The molecule has 1 unspecified atom stereocenters. The van der Waals surface area contributed by atoms with E-state index < -0.39 is 11.5 Å². The Balaban J connectivity index is 1.30. The van der Waals surface area contributed by atoms with Crippen molar-refractivity contribution in [3.63, 3.8) is 0 Å². The van der Waals surface area contributed by atoms with Crippen LogP contribution in [0.3, 0.4) is 0 Å². The second-order valence-electron chi connectivity index (χ2n) is 9.02. The van der Waals surface area contributed by atoms with Gasteiger partial charge in [-0.15, -0.1) is 0 Å². The van der Waals surface area contributed by atoms with Crippen molar-refractivity contribution >= 4 is 23.5 Å². The molecule has 4 nitrogen and oxygen atoms in total. The number of carboxylic acid groups (broad SMARTS) is 1. The summed E-state index contributed by atoms with van der Waals surface area (Å²) in [4.78, 5) is 25.3. The zero-order valence-electron chi connectivity index (χ0n) is 19.0. The molecule has 1 aliphatic rings. The van der Waals surface area contributed by atoms with E-state index in [0.717, 1.165) is 38.9 Å². The molecule has 0 spiro atoms. The van der Waals surface area contributed by atoms with Crippen LogP contribution in [0.4, 0.5) is 0 Å². The maximum absolute atomic E-state index is 12.9. The maximum Gasteiger partial charge on any atom is 0.330 e. The molecule has 0 fully saturated rings. The van der Waals surface area contributed by atoms with Gasteiger partial charge in [0, 0.05) is 17.9 Å². The minimum absolute atomic E-state index is 0.121. The van der Waals surface area contributed by atoms with Gasteiger partial charge in [-0.05, 0) is 51.1 Å². The molecule has 2 N–H and O–H groups in total. The SMILES string of the molecule is O=C(Cc1ccc(-c2ccccc2)cc1)NC1(C(=O)O)Cc2ccc(-c3ccc(Cl)cc3)cc2C1. The normalized spacial score (nSPS) is 16.5. The standard InChI is InChI=1S/C30H24ClNO3/c31-27-14-12-23(13-15-27)24-10-11-25-18-30(29(34)35,19-26(25)17-24)32-28(33)16-20-6-8-22(9-7-20)21-4-2-1-3-5-21/h1-15,17H,16,18-19H2,(H,32,33)(H,34,35). The van der Waals surface area contributed by atoms with Gasteiger partial charge in [0.1, 0.15) is 5.54 Å². The van der Waals surface area contributed by atoms with Gasteiger partial charge in [-0.1, -0.05) is 96.5 Å². The second-order valence-corrected chi connectivity index (χ2v) is 9.46. The molecule has 5 rings (SSSR count). The molecule has 174 valence electrons. The van der Waals surface area contributed by atoms with Crippen molar-refractivity contribution in [2.45, 2.75) is 24.8 Å². The van der Waals surface area contributed by atoms with Gasteiger partial charge < -0.3 is 10.4 Å². The van der Waals surface area contributed by atoms with E-state index in [0.29, 0.717) is 5.02 Å². The van der Waals surface area contributed by atoms with Crippen LogP contribution >= 0.6 is 11.6 Å². The van der Waals surface area contributed by atoms with Crippen LogP contribution in [0.2, 0.25) is 5.02 Å². The first-order valence-corrected chi connectivity index (χ1v) is 11.9. The summed E-state index contributed by atoms with van der Waals surface area (Å²) >= 11 is 6.00. The lowest BCUT2D eigenvalue weighted by Crippen LogP contribution is -2.55. The van der Waals surface area contributed by atoms with Crippen LogP contribution in [0.15, 0.2) is 97.1 Å². The number of fused-ring (bicyclic) bond motifs is 1. The predicted octanol–water partition coefficient (Wildman–Crippen LogP) is 5.95. The van der Waals surface area contributed by atoms with E-state index in [1.165, 1.54) is 0 Å². The molecule has 0 saturated heterocycles. The summed E-state index contributed by atoms with van der Waals surface area (Å²) in [5.74, 6) is -1.32. The fourth-order valence-corrected chi connectivity index (χ4v) is 4.86. The van der Waals surface area contributed by atoms with Gasteiger partial charge >= 0.3 is 5.97 Å². The molecule has 35 heavy (non-hydrogen) atoms. The van der Waals surface area contributed by atoms with Crippen LogP contribution in [-0.4, -0.2) is 22.5 Å². The van der Waals surface area contributed by atoms with Crippen molar-refractivity contribution in [3.05, 3.63) is 119 Å². The molecule has 0 aliphatic heterocycles. The van der Waals surface area contributed by atoms with Crippen LogP contribution in [0.25, 0.3) is 22.3 Å². The van der Waals surface area contributed by atoms with Crippen molar-refractivity contribution in [1.29, 1.82) is 0 Å². The molecule has 0 heterocycles. The Kier molecular flexibility index (Phi) is 6.14. The van der Waals surface area contributed by atoms with Gasteiger partial charge in [-0.25, -0.2) is 4.79 Å². The van der Waals surface area contributed by atoms with Gasteiger partial charge in [0.25, 0.3) is 0 Å². The van der Waals surface area contributed by atoms with E-state index in [4.69, 9.17) is 11.6 Å². The molecule has 1 atom stereocenters. The number of hydrogen-bond donors (Lipinski definition) is 2. The van der Waals surface area contributed by atoms with E-state index >= 15 is 0 Å². The first-order chi connectivity index (χ1) is 16.9. The zero-order chi connectivity index (χ0) is 24.4. The predicted molar refractivity (Wildman–Crippen MR) is 138 cm³/mol. The highest BCUT2D eigenvalue weighted by atomic mass is 35.5. The molecule has 0 radical (unpaired) electrons. The van der Waals surface area contributed by atoms with Crippen LogP contribution in [0, 0.1) is 0 Å². The minimum Gasteiger partial charge on any atom is -0.479 e. The summed E-state index contributed by atoms with van der Waals surface area (Å²) < 4.78 is 0. The Hall–Kier alpha value is -3.89. The van der Waals surface area contributed by atoms with E-state index in [1.807, 2.05) is 97.1 Å². The number of carbonyl (C=O) groups is 2. The van der Waals surface area contributed by atoms with Gasteiger partial charge in [-0.3, -0.25) is 4.79 Å². The van der Waals surface area contributed by atoms with Gasteiger partial charge in [0.05, 0.1) is 6.42 Å². The third kappa shape index (κ3) is 4.84. The van der Waals surface area contributed by atoms with Crippen molar-refractivity contribution in [3.8, 4) is 22.3 Å². The van der Waals surface area contributed by atoms with Crippen LogP contribution in [0.1, 0.15) is 16.7 Å². The quantitative estimate of drug-likeness (QED) is 0.357. The Bertz CT molecular complexity index is 1380. The number of carboxylic acids is 1. The summed E-state index contributed by atoms with van der Waals surface area (Å²) in [6.45, 7) is 0. The first-order valence-electron chi connectivity index (χ1n) is 11.5. The number of nitrogens with one attached hydrogen (secondary N) is 1. The largest absolute Gasteiger partial charge is 0.479 e. The Morgan fingerprint density at radius 2 is 1.31 bits per heavy atom. The Labute approximate surface area is 209 Å². The minimum atomic E-state index is -1.35. The van der Waals surface area contributed by atoms with Crippen LogP contribution in [-0.2, 0) is 28.9 Å². The number of rotatable bonds is 6. The third-order valence-corrected chi connectivity index (χ3v) is 6.83.